The number of hydrogen-bond donors (Lipinski definition) is 4. The van der Waals surface area contributed by atoms with Crippen molar-refractivity contribution in [2.75, 3.05) is 75.1 Å². The van der Waals surface area contributed by atoms with Crippen LogP contribution in [0.5, 0.6) is 0 Å². The summed E-state index contributed by atoms with van der Waals surface area (Å²) in [6.45, 7) is 3.60. The quantitative estimate of drug-likeness (QED) is 0.151. The highest BCUT2D eigenvalue weighted by Gasteiger charge is 2.29. The van der Waals surface area contributed by atoms with Gasteiger partial charge >= 0.3 is 12.2 Å². The van der Waals surface area contributed by atoms with Gasteiger partial charge in [-0.25, -0.2) is 9.59 Å². The number of aromatic nitrogens is 2. The zero-order valence-electron chi connectivity index (χ0n) is 29.2. The Morgan fingerprint density at radius 1 is 0.667 bits per heavy atom. The first-order chi connectivity index (χ1) is 23.0. The lowest BCUT2D eigenvalue weighted by molar-refractivity contribution is 0.176. The zero-order chi connectivity index (χ0) is 33.9. The van der Waals surface area contributed by atoms with E-state index < -0.39 is 0 Å². The number of likely N-dealkylation sites (N-methyl/N-ethyl adjacent to an activating group) is 2. The molecule has 2 aromatic heterocycles. The van der Waals surface area contributed by atoms with Crippen molar-refractivity contribution >= 4 is 34.0 Å². The fourth-order valence-electron chi connectivity index (χ4n) is 7.15. The number of nitrogens with one attached hydrogen (secondary N) is 4. The first kappa shape index (κ1) is 33.8. The Morgan fingerprint density at radius 3 is 1.48 bits per heavy atom. The fourth-order valence-corrected chi connectivity index (χ4v) is 7.15. The molecule has 6 rings (SSSR count). The summed E-state index contributed by atoms with van der Waals surface area (Å²) in [7, 11) is 12.8. The number of benzene rings is 2. The molecule has 2 saturated heterocycles. The van der Waals surface area contributed by atoms with Crippen LogP contribution in [0, 0.1) is 0 Å². The molecular weight excluding hydrogens is 606 g/mol. The minimum absolute atomic E-state index is 0.0145. The smallest absolute Gasteiger partial charge is 0.407 e. The number of cyclic esters (lactones) is 2. The van der Waals surface area contributed by atoms with E-state index in [9.17, 15) is 9.59 Å². The fraction of sp³-hybridized carbons (Fsp3) is 0.514. The minimum atomic E-state index is -0.338. The summed E-state index contributed by atoms with van der Waals surface area (Å²) in [5.74, 6) is 0.124. The van der Waals surface area contributed by atoms with Crippen LogP contribution in [0.25, 0.3) is 21.8 Å². The van der Waals surface area contributed by atoms with Crippen molar-refractivity contribution in [3.05, 3.63) is 70.0 Å². The summed E-state index contributed by atoms with van der Waals surface area (Å²) in [6.07, 6.45) is 3.57. The summed E-state index contributed by atoms with van der Waals surface area (Å²) < 4.78 is 10.3. The van der Waals surface area contributed by atoms with Crippen LogP contribution >= 0.6 is 0 Å². The molecular formula is C37H51N7O4. The van der Waals surface area contributed by atoms with Crippen LogP contribution in [0.15, 0.2) is 36.4 Å². The maximum absolute atomic E-state index is 11.7. The van der Waals surface area contributed by atoms with Crippen molar-refractivity contribution in [2.45, 2.75) is 50.1 Å². The van der Waals surface area contributed by atoms with Gasteiger partial charge in [-0.2, -0.15) is 0 Å². The van der Waals surface area contributed by atoms with Crippen LogP contribution in [-0.2, 0) is 35.2 Å². The number of fused-ring (bicyclic) bond motifs is 2. The average Bonchev–Trinajstić information content (AvgIpc) is 3.81. The lowest BCUT2D eigenvalue weighted by Crippen LogP contribution is -2.28. The third-order valence-electron chi connectivity index (χ3n) is 9.63. The Bertz CT molecular complexity index is 1640. The number of nitrogens with zero attached hydrogens (tertiary/aromatic N) is 3. The summed E-state index contributed by atoms with van der Waals surface area (Å²) >= 11 is 0. The number of carbonyl (C=O) groups is 2. The highest BCUT2D eigenvalue weighted by molar-refractivity contribution is 5.88. The minimum Gasteiger partial charge on any atom is -0.447 e. The van der Waals surface area contributed by atoms with Crippen LogP contribution in [0.1, 0.15) is 46.0 Å². The number of hydrogen-bond acceptors (Lipinski definition) is 7. The van der Waals surface area contributed by atoms with Gasteiger partial charge in [0, 0.05) is 52.2 Å². The molecule has 2 atom stereocenters. The van der Waals surface area contributed by atoms with E-state index in [2.05, 4.69) is 114 Å². The van der Waals surface area contributed by atoms with Gasteiger partial charge in [-0.05, 0) is 127 Å². The highest BCUT2D eigenvalue weighted by Crippen LogP contribution is 2.39. The van der Waals surface area contributed by atoms with Gasteiger partial charge < -0.3 is 44.8 Å². The van der Waals surface area contributed by atoms with Crippen molar-refractivity contribution in [2.24, 2.45) is 0 Å². The topological polar surface area (TPSA) is 118 Å². The summed E-state index contributed by atoms with van der Waals surface area (Å²) in [5, 5.41) is 8.36. The second-order valence-electron chi connectivity index (χ2n) is 14.3. The number of alkyl carbamates (subject to hydrolysis) is 2. The average molecular weight is 658 g/mol. The third-order valence-corrected chi connectivity index (χ3v) is 9.63. The molecule has 0 unspecified atom stereocenters. The van der Waals surface area contributed by atoms with Gasteiger partial charge in [0.05, 0.1) is 12.1 Å². The predicted octanol–water partition coefficient (Wildman–Crippen LogP) is 4.24. The van der Waals surface area contributed by atoms with Gasteiger partial charge in [0.1, 0.15) is 13.2 Å². The molecule has 2 fully saturated rings. The molecule has 4 heterocycles. The molecule has 11 nitrogen and oxygen atoms in total. The van der Waals surface area contributed by atoms with Gasteiger partial charge in [0.15, 0.2) is 0 Å². The summed E-state index contributed by atoms with van der Waals surface area (Å²) in [6, 6.07) is 13.3. The number of rotatable bonds is 15. The van der Waals surface area contributed by atoms with Gasteiger partial charge in [0.2, 0.25) is 0 Å². The molecule has 2 amide bonds. The molecule has 48 heavy (non-hydrogen) atoms. The molecule has 0 aliphatic carbocycles. The molecule has 11 heteroatoms. The predicted molar refractivity (Wildman–Crippen MR) is 190 cm³/mol. The van der Waals surface area contributed by atoms with E-state index in [0.29, 0.717) is 13.2 Å². The van der Waals surface area contributed by atoms with E-state index in [0.717, 1.165) is 62.8 Å². The Kier molecular flexibility index (Phi) is 10.3. The van der Waals surface area contributed by atoms with E-state index in [1.165, 1.54) is 44.4 Å². The Morgan fingerprint density at radius 2 is 1.10 bits per heavy atom. The second kappa shape index (κ2) is 14.6. The molecule has 0 radical (unpaired) electrons. The molecule has 2 aliphatic heterocycles. The van der Waals surface area contributed by atoms with Crippen molar-refractivity contribution in [1.29, 1.82) is 0 Å². The molecule has 2 aliphatic rings. The lowest BCUT2D eigenvalue weighted by atomic mass is 9.88. The molecule has 0 saturated carbocycles. The molecule has 4 N–H and O–H groups in total. The monoisotopic (exact) mass is 657 g/mol. The van der Waals surface area contributed by atoms with Gasteiger partial charge in [-0.3, -0.25) is 0 Å². The van der Waals surface area contributed by atoms with E-state index in [4.69, 9.17) is 9.47 Å². The van der Waals surface area contributed by atoms with Gasteiger partial charge in [-0.1, -0.05) is 12.1 Å². The molecule has 258 valence electrons. The first-order valence-corrected chi connectivity index (χ1v) is 17.1. The summed E-state index contributed by atoms with van der Waals surface area (Å²) in [4.78, 5) is 38.0. The van der Waals surface area contributed by atoms with Crippen LogP contribution < -0.4 is 10.6 Å². The number of amides is 2. The van der Waals surface area contributed by atoms with Crippen molar-refractivity contribution in [3.8, 4) is 0 Å². The number of H-pyrrole nitrogens is 2. The van der Waals surface area contributed by atoms with Gasteiger partial charge in [-0.15, -0.1) is 0 Å². The lowest BCUT2D eigenvalue weighted by Gasteiger charge is -2.22. The maximum Gasteiger partial charge on any atom is 0.407 e. The third kappa shape index (κ3) is 7.80. The van der Waals surface area contributed by atoms with E-state index in [-0.39, 0.29) is 30.2 Å². The van der Waals surface area contributed by atoms with E-state index in [1.54, 1.807) is 0 Å². The Balaban J connectivity index is 1.45. The van der Waals surface area contributed by atoms with Crippen LogP contribution in [0.3, 0.4) is 0 Å². The molecule has 2 aromatic carbocycles. The molecule has 4 aromatic rings. The molecule has 0 spiro atoms. The number of ether oxygens (including phenoxy) is 2. The number of aromatic amines is 2. The standard InChI is InChI=1S/C37H51N7O4/c1-42(2)14-11-27-30-19-23(17-25-21-47-36(45)38-25)7-9-32(30)40-34(27)29(13-16-44(5)6)35-28(12-15-43(3)4)31-20-24(8-10-33(31)41-35)18-26-22-48-37(46)39-26/h7-10,19-20,25-26,29,40-41H,11-18,21-22H2,1-6H3,(H,38,45)(H,39,46)/t25-,26-/m0/s1. The van der Waals surface area contributed by atoms with Crippen LogP contribution in [0.4, 0.5) is 9.59 Å². The van der Waals surface area contributed by atoms with Crippen molar-refractivity contribution in [1.82, 2.24) is 35.3 Å². The zero-order valence-corrected chi connectivity index (χ0v) is 29.2. The van der Waals surface area contributed by atoms with Gasteiger partial charge in [0.25, 0.3) is 0 Å². The normalized spacial score (nSPS) is 18.1. The first-order valence-electron chi connectivity index (χ1n) is 17.1. The molecule has 0 bridgehead atoms. The van der Waals surface area contributed by atoms with E-state index >= 15 is 0 Å². The number of carbonyl (C=O) groups excluding carboxylic acids is 2. The van der Waals surface area contributed by atoms with Crippen LogP contribution in [-0.4, -0.2) is 124 Å². The van der Waals surface area contributed by atoms with Crippen molar-refractivity contribution < 1.29 is 19.1 Å². The second-order valence-corrected chi connectivity index (χ2v) is 14.3. The Hall–Kier alpha value is -4.06. The summed E-state index contributed by atoms with van der Waals surface area (Å²) in [5.41, 5.74) is 9.90. The maximum atomic E-state index is 11.7. The Labute approximate surface area is 283 Å². The SMILES string of the molecule is CN(C)CCc1c(C(CCN(C)C)c2[nH]c3ccc(C[C@H]4COC(=O)N4)cc3c2CCN(C)C)[nH]c2ccc(C[C@H]3COC(=O)N3)cc12. The van der Waals surface area contributed by atoms with Crippen molar-refractivity contribution in [3.63, 3.8) is 0 Å². The highest BCUT2D eigenvalue weighted by atomic mass is 16.6. The van der Waals surface area contributed by atoms with Crippen LogP contribution in [0.2, 0.25) is 0 Å². The largest absolute Gasteiger partial charge is 0.447 e. The van der Waals surface area contributed by atoms with E-state index in [1.807, 2.05) is 0 Å².